The van der Waals surface area contributed by atoms with Crippen molar-refractivity contribution in [2.75, 3.05) is 52.5 Å². The molecule has 51 heavy (non-hydrogen) atoms. The normalized spacial score (nSPS) is 13.0. The van der Waals surface area contributed by atoms with Gasteiger partial charge in [0.25, 0.3) is 0 Å². The summed E-state index contributed by atoms with van der Waals surface area (Å²) in [7, 11) is 0. The molecule has 0 bridgehead atoms. The monoisotopic (exact) mass is 725 g/mol. The summed E-state index contributed by atoms with van der Waals surface area (Å²) in [6, 6.07) is 0.399. The first-order valence-corrected chi connectivity index (χ1v) is 22.2. The van der Waals surface area contributed by atoms with E-state index in [4.69, 9.17) is 14.2 Å². The summed E-state index contributed by atoms with van der Waals surface area (Å²) in [5.41, 5.74) is 0. The fourth-order valence-electron chi connectivity index (χ4n) is 6.90. The van der Waals surface area contributed by atoms with Crippen molar-refractivity contribution in [3.63, 3.8) is 0 Å². The van der Waals surface area contributed by atoms with Crippen molar-refractivity contribution in [1.29, 1.82) is 0 Å². The van der Waals surface area contributed by atoms with E-state index < -0.39 is 0 Å². The highest BCUT2D eigenvalue weighted by Crippen LogP contribution is 2.21. The minimum absolute atomic E-state index is 0.0249. The smallest absolute Gasteiger partial charge is 0.332 e. The van der Waals surface area contributed by atoms with Gasteiger partial charge in [0.1, 0.15) is 13.2 Å². The molecule has 0 spiro atoms. The third kappa shape index (κ3) is 32.0. The summed E-state index contributed by atoms with van der Waals surface area (Å²) in [6.07, 6.45) is 28.2. The third-order valence-corrected chi connectivity index (χ3v) is 10.6. The van der Waals surface area contributed by atoms with E-state index in [-0.39, 0.29) is 24.6 Å². The Morgan fingerprint density at radius 3 is 1.55 bits per heavy atom. The number of likely N-dealkylation sites (N-methyl/N-ethyl adjacent to an activating group) is 1. The second-order valence-corrected chi connectivity index (χ2v) is 15.4. The van der Waals surface area contributed by atoms with Crippen LogP contribution in [0.2, 0.25) is 0 Å². The lowest BCUT2D eigenvalue weighted by molar-refractivity contribution is -0.152. The molecule has 0 fully saturated rings. The largest absolute Gasteiger partial charge is 0.465 e. The molecule has 2 atom stereocenters. The highest BCUT2D eigenvalue weighted by atomic mass is 16.6. The SMILES string of the molecule is CCCCCCCCCCC(CCCCCCCC)COC(=O)CCCC(CCCCCC)OCC(=O)OCCN(CCN(CC)CC)C(C)C. The average molecular weight is 725 g/mol. The Morgan fingerprint density at radius 1 is 0.529 bits per heavy atom. The number of hydrogen-bond acceptors (Lipinski definition) is 7. The van der Waals surface area contributed by atoms with Crippen molar-refractivity contribution in [2.45, 2.75) is 215 Å². The Balaban J connectivity index is 4.70. The van der Waals surface area contributed by atoms with Gasteiger partial charge in [0.15, 0.2) is 0 Å². The number of nitrogens with zero attached hydrogens (tertiary/aromatic N) is 2. The van der Waals surface area contributed by atoms with Gasteiger partial charge in [-0.05, 0) is 65.0 Å². The van der Waals surface area contributed by atoms with E-state index in [1.165, 1.54) is 122 Å². The number of hydrogen-bond donors (Lipinski definition) is 0. The maximum atomic E-state index is 12.8. The average Bonchev–Trinajstić information content (AvgIpc) is 3.12. The molecule has 0 radical (unpaired) electrons. The molecule has 0 amide bonds. The third-order valence-electron chi connectivity index (χ3n) is 10.6. The highest BCUT2D eigenvalue weighted by Gasteiger charge is 2.17. The van der Waals surface area contributed by atoms with E-state index in [9.17, 15) is 9.59 Å². The predicted octanol–water partition coefficient (Wildman–Crippen LogP) is 11.5. The molecule has 0 aliphatic rings. The van der Waals surface area contributed by atoms with Gasteiger partial charge < -0.3 is 19.1 Å². The number of unbranched alkanes of at least 4 members (excludes halogenated alkanes) is 15. The second-order valence-electron chi connectivity index (χ2n) is 15.4. The number of rotatable bonds is 39. The molecule has 7 nitrogen and oxygen atoms in total. The molecule has 0 N–H and O–H groups in total. The number of ether oxygens (including phenoxy) is 3. The standard InChI is InChI=1S/C44H88N2O5/c1-8-13-16-19-21-22-24-26-30-41(29-25-23-20-17-14-9-2)38-51-43(47)33-28-32-42(31-27-18-15-10-3)50-39-44(48)49-37-36-46(40(6)7)35-34-45(11-4)12-5/h40-42H,8-39H2,1-7H3. The van der Waals surface area contributed by atoms with Crippen molar-refractivity contribution in [2.24, 2.45) is 5.92 Å². The van der Waals surface area contributed by atoms with Gasteiger partial charge in [-0.2, -0.15) is 0 Å². The van der Waals surface area contributed by atoms with E-state index >= 15 is 0 Å². The maximum absolute atomic E-state index is 12.8. The first-order chi connectivity index (χ1) is 24.8. The lowest BCUT2D eigenvalue weighted by Crippen LogP contribution is -2.40. The van der Waals surface area contributed by atoms with Crippen LogP contribution in [0.5, 0.6) is 0 Å². The van der Waals surface area contributed by atoms with Gasteiger partial charge in [0.2, 0.25) is 0 Å². The molecule has 304 valence electrons. The van der Waals surface area contributed by atoms with Crippen LogP contribution in [0.1, 0.15) is 203 Å². The molecular weight excluding hydrogens is 636 g/mol. The predicted molar refractivity (Wildman–Crippen MR) is 217 cm³/mol. The van der Waals surface area contributed by atoms with E-state index in [1.807, 2.05) is 0 Å². The fraction of sp³-hybridized carbons (Fsp3) is 0.955. The van der Waals surface area contributed by atoms with Crippen molar-refractivity contribution in [3.8, 4) is 0 Å². The van der Waals surface area contributed by atoms with E-state index in [1.54, 1.807) is 0 Å². The van der Waals surface area contributed by atoms with Crippen molar-refractivity contribution >= 4 is 11.9 Å². The minimum Gasteiger partial charge on any atom is -0.465 e. The highest BCUT2D eigenvalue weighted by molar-refractivity contribution is 5.70. The van der Waals surface area contributed by atoms with Gasteiger partial charge in [0.05, 0.1) is 12.7 Å². The molecule has 0 heterocycles. The Bertz CT molecular complexity index is 760. The van der Waals surface area contributed by atoms with Gasteiger partial charge in [-0.1, -0.05) is 150 Å². The van der Waals surface area contributed by atoms with Gasteiger partial charge in [0, 0.05) is 32.1 Å². The molecule has 0 aromatic heterocycles. The molecule has 0 aliphatic heterocycles. The van der Waals surface area contributed by atoms with Crippen LogP contribution < -0.4 is 0 Å². The van der Waals surface area contributed by atoms with Crippen LogP contribution in [0.15, 0.2) is 0 Å². The first kappa shape index (κ1) is 49.8. The Labute approximate surface area is 318 Å². The fourth-order valence-corrected chi connectivity index (χ4v) is 6.90. The molecule has 0 rings (SSSR count). The van der Waals surface area contributed by atoms with Gasteiger partial charge >= 0.3 is 11.9 Å². The molecular formula is C44H88N2O5. The van der Waals surface area contributed by atoms with Crippen LogP contribution in [0.3, 0.4) is 0 Å². The van der Waals surface area contributed by atoms with Crippen molar-refractivity contribution < 1.29 is 23.8 Å². The molecule has 0 aromatic carbocycles. The molecule has 0 aromatic rings. The summed E-state index contributed by atoms with van der Waals surface area (Å²) in [5.74, 6) is 0.0999. The van der Waals surface area contributed by atoms with Crippen LogP contribution in [0.4, 0.5) is 0 Å². The summed E-state index contributed by atoms with van der Waals surface area (Å²) >= 11 is 0. The summed E-state index contributed by atoms with van der Waals surface area (Å²) in [6.45, 7) is 21.3. The lowest BCUT2D eigenvalue weighted by Gasteiger charge is -2.29. The Morgan fingerprint density at radius 2 is 1.02 bits per heavy atom. The molecule has 7 heteroatoms. The molecule has 0 saturated heterocycles. The van der Waals surface area contributed by atoms with Crippen LogP contribution in [-0.4, -0.2) is 86.4 Å². The van der Waals surface area contributed by atoms with Crippen LogP contribution in [0, 0.1) is 5.92 Å². The van der Waals surface area contributed by atoms with E-state index in [2.05, 4.69) is 58.3 Å². The zero-order valence-electron chi connectivity index (χ0n) is 35.3. The Kier molecular flexibility index (Phi) is 36.3. The van der Waals surface area contributed by atoms with E-state index in [0.29, 0.717) is 31.6 Å². The number of esters is 2. The van der Waals surface area contributed by atoms with Gasteiger partial charge in [-0.15, -0.1) is 0 Å². The molecule has 0 saturated carbocycles. The zero-order chi connectivity index (χ0) is 37.8. The summed E-state index contributed by atoms with van der Waals surface area (Å²) in [5, 5.41) is 0. The zero-order valence-corrected chi connectivity index (χ0v) is 35.3. The van der Waals surface area contributed by atoms with Crippen molar-refractivity contribution in [3.05, 3.63) is 0 Å². The Hall–Kier alpha value is -1.18. The first-order valence-electron chi connectivity index (χ1n) is 22.2. The van der Waals surface area contributed by atoms with Crippen LogP contribution in [0.25, 0.3) is 0 Å². The topological polar surface area (TPSA) is 68.3 Å². The maximum Gasteiger partial charge on any atom is 0.332 e. The number of carbonyl (C=O) groups is 2. The van der Waals surface area contributed by atoms with Crippen molar-refractivity contribution in [1.82, 2.24) is 9.80 Å². The molecule has 2 unspecified atom stereocenters. The summed E-state index contributed by atoms with van der Waals surface area (Å²) < 4.78 is 17.6. The minimum atomic E-state index is -0.298. The van der Waals surface area contributed by atoms with E-state index in [0.717, 1.165) is 58.4 Å². The van der Waals surface area contributed by atoms with Crippen LogP contribution >= 0.6 is 0 Å². The number of carbonyl (C=O) groups excluding carboxylic acids is 2. The molecule has 0 aliphatic carbocycles. The lowest BCUT2D eigenvalue weighted by atomic mass is 9.94. The summed E-state index contributed by atoms with van der Waals surface area (Å²) in [4.78, 5) is 30.3. The van der Waals surface area contributed by atoms with Gasteiger partial charge in [-0.3, -0.25) is 9.69 Å². The van der Waals surface area contributed by atoms with Crippen LogP contribution in [-0.2, 0) is 23.8 Å². The van der Waals surface area contributed by atoms with Gasteiger partial charge in [-0.25, -0.2) is 4.79 Å². The second kappa shape index (κ2) is 37.1. The quantitative estimate of drug-likeness (QED) is 0.0462.